The zero-order chi connectivity index (χ0) is 17.1. The van der Waals surface area contributed by atoms with Crippen molar-refractivity contribution < 1.29 is 9.59 Å². The van der Waals surface area contributed by atoms with E-state index in [9.17, 15) is 9.59 Å². The van der Waals surface area contributed by atoms with Gasteiger partial charge >= 0.3 is 6.03 Å². The number of piperidine rings is 1. The molecule has 2 heterocycles. The Hall–Kier alpha value is -1.75. The highest BCUT2D eigenvalue weighted by Crippen LogP contribution is 2.25. The average molecular weight is 350 g/mol. The van der Waals surface area contributed by atoms with Crippen LogP contribution >= 0.6 is 11.6 Å². The lowest BCUT2D eigenvalue weighted by atomic mass is 10.0. The highest BCUT2D eigenvalue weighted by atomic mass is 35.5. The summed E-state index contributed by atoms with van der Waals surface area (Å²) >= 11 is 6.22. The number of anilines is 1. The summed E-state index contributed by atoms with van der Waals surface area (Å²) < 4.78 is 0. The van der Waals surface area contributed by atoms with Crippen molar-refractivity contribution in [1.82, 2.24) is 9.80 Å². The first-order valence-corrected chi connectivity index (χ1v) is 9.04. The van der Waals surface area contributed by atoms with Gasteiger partial charge in [0.25, 0.3) is 0 Å². The Morgan fingerprint density at radius 3 is 2.83 bits per heavy atom. The van der Waals surface area contributed by atoms with Gasteiger partial charge in [-0.2, -0.15) is 0 Å². The molecule has 3 amide bonds. The van der Waals surface area contributed by atoms with Gasteiger partial charge in [-0.1, -0.05) is 17.7 Å². The van der Waals surface area contributed by atoms with Crippen LogP contribution in [0.2, 0.25) is 5.02 Å². The number of benzene rings is 1. The fourth-order valence-corrected chi connectivity index (χ4v) is 3.80. The Labute approximate surface area is 147 Å². The van der Waals surface area contributed by atoms with Crippen molar-refractivity contribution in [2.24, 2.45) is 0 Å². The van der Waals surface area contributed by atoms with Crippen LogP contribution in [-0.4, -0.2) is 47.4 Å². The normalized spacial score (nSPS) is 21.2. The van der Waals surface area contributed by atoms with E-state index in [-0.39, 0.29) is 18.0 Å². The molecule has 24 heavy (non-hydrogen) atoms. The third-order valence-electron chi connectivity index (χ3n) is 4.86. The minimum absolute atomic E-state index is 0.0880. The van der Waals surface area contributed by atoms with Gasteiger partial charge in [-0.25, -0.2) is 4.79 Å². The van der Waals surface area contributed by atoms with Crippen molar-refractivity contribution >= 4 is 29.2 Å². The van der Waals surface area contributed by atoms with Gasteiger partial charge < -0.3 is 15.1 Å². The van der Waals surface area contributed by atoms with Gasteiger partial charge in [0.05, 0.1) is 16.8 Å². The standard InChI is InChI=1S/C18H24ClN3O2/c1-13-7-8-16(15(19)11-13)20-18(24)22-10-3-2-5-14(22)12-21-9-4-6-17(21)23/h7-8,11,14H,2-6,9-10,12H2,1H3,(H,20,24). The third kappa shape index (κ3) is 3.83. The van der Waals surface area contributed by atoms with Crippen molar-refractivity contribution in [3.05, 3.63) is 28.8 Å². The van der Waals surface area contributed by atoms with Crippen LogP contribution in [0.25, 0.3) is 0 Å². The van der Waals surface area contributed by atoms with Crippen LogP contribution in [-0.2, 0) is 4.79 Å². The molecule has 0 saturated carbocycles. The quantitative estimate of drug-likeness (QED) is 0.905. The Balaban J connectivity index is 1.67. The van der Waals surface area contributed by atoms with Crippen LogP contribution in [0.3, 0.4) is 0 Å². The second kappa shape index (κ2) is 7.43. The summed E-state index contributed by atoms with van der Waals surface area (Å²) in [5.41, 5.74) is 1.69. The molecule has 0 aromatic heterocycles. The Morgan fingerprint density at radius 1 is 1.29 bits per heavy atom. The van der Waals surface area contributed by atoms with Gasteiger partial charge in [0, 0.05) is 26.1 Å². The largest absolute Gasteiger partial charge is 0.341 e. The zero-order valence-corrected chi connectivity index (χ0v) is 14.8. The average Bonchev–Trinajstić information content (AvgIpc) is 2.95. The molecule has 3 rings (SSSR count). The number of likely N-dealkylation sites (tertiary alicyclic amines) is 2. The predicted molar refractivity (Wildman–Crippen MR) is 95.4 cm³/mol. The maximum atomic E-state index is 12.7. The number of halogens is 1. The summed E-state index contributed by atoms with van der Waals surface area (Å²) in [4.78, 5) is 28.4. The van der Waals surface area contributed by atoms with Gasteiger partial charge in [0.2, 0.25) is 5.91 Å². The zero-order valence-electron chi connectivity index (χ0n) is 14.1. The topological polar surface area (TPSA) is 52.7 Å². The molecule has 5 nitrogen and oxygen atoms in total. The molecular formula is C18H24ClN3O2. The minimum atomic E-state index is -0.128. The molecule has 2 aliphatic heterocycles. The number of urea groups is 1. The number of rotatable bonds is 3. The SMILES string of the molecule is Cc1ccc(NC(=O)N2CCCCC2CN2CCCC2=O)c(Cl)c1. The fraction of sp³-hybridized carbons (Fsp3) is 0.556. The number of hydrogen-bond acceptors (Lipinski definition) is 2. The number of nitrogens with zero attached hydrogens (tertiary/aromatic N) is 2. The van der Waals surface area contributed by atoms with E-state index < -0.39 is 0 Å². The Bertz CT molecular complexity index is 635. The summed E-state index contributed by atoms with van der Waals surface area (Å²) in [6.45, 7) is 4.15. The molecule has 0 spiro atoms. The van der Waals surface area contributed by atoms with Crippen LogP contribution in [0.1, 0.15) is 37.7 Å². The van der Waals surface area contributed by atoms with Crippen LogP contribution in [0.5, 0.6) is 0 Å². The minimum Gasteiger partial charge on any atom is -0.341 e. The summed E-state index contributed by atoms with van der Waals surface area (Å²) in [7, 11) is 0. The third-order valence-corrected chi connectivity index (χ3v) is 5.17. The van der Waals surface area contributed by atoms with E-state index in [1.54, 1.807) is 0 Å². The van der Waals surface area contributed by atoms with Crippen molar-refractivity contribution in [3.63, 3.8) is 0 Å². The molecule has 2 aliphatic rings. The number of nitrogens with one attached hydrogen (secondary N) is 1. The second-order valence-electron chi connectivity index (χ2n) is 6.70. The molecule has 6 heteroatoms. The molecule has 1 unspecified atom stereocenters. The number of carbonyl (C=O) groups excluding carboxylic acids is 2. The summed E-state index contributed by atoms with van der Waals surface area (Å²) in [6, 6.07) is 5.56. The predicted octanol–water partition coefficient (Wildman–Crippen LogP) is 3.66. The first kappa shape index (κ1) is 17.1. The molecule has 2 saturated heterocycles. The van der Waals surface area contributed by atoms with E-state index in [0.717, 1.165) is 44.3 Å². The summed E-state index contributed by atoms with van der Waals surface area (Å²) in [6.07, 6.45) is 4.61. The first-order chi connectivity index (χ1) is 11.5. The van der Waals surface area contributed by atoms with E-state index in [4.69, 9.17) is 11.6 Å². The van der Waals surface area contributed by atoms with Gasteiger partial charge in [-0.3, -0.25) is 4.79 Å². The van der Waals surface area contributed by atoms with Crippen LogP contribution in [0.4, 0.5) is 10.5 Å². The molecule has 1 aromatic carbocycles. The molecule has 0 bridgehead atoms. The van der Waals surface area contributed by atoms with Crippen molar-refractivity contribution in [1.29, 1.82) is 0 Å². The molecule has 130 valence electrons. The van der Waals surface area contributed by atoms with Crippen LogP contribution in [0, 0.1) is 6.92 Å². The molecule has 1 atom stereocenters. The second-order valence-corrected chi connectivity index (χ2v) is 7.11. The smallest absolute Gasteiger partial charge is 0.322 e. The van der Waals surface area contributed by atoms with Gasteiger partial charge in [-0.15, -0.1) is 0 Å². The highest BCUT2D eigenvalue weighted by Gasteiger charge is 2.31. The lowest BCUT2D eigenvalue weighted by Gasteiger charge is -2.37. The van der Waals surface area contributed by atoms with E-state index >= 15 is 0 Å². The van der Waals surface area contributed by atoms with Crippen molar-refractivity contribution in [2.75, 3.05) is 25.0 Å². The van der Waals surface area contributed by atoms with Crippen molar-refractivity contribution in [2.45, 2.75) is 45.1 Å². The number of hydrogen-bond donors (Lipinski definition) is 1. The molecule has 1 aromatic rings. The number of carbonyl (C=O) groups is 2. The van der Waals surface area contributed by atoms with Gasteiger partial charge in [0.15, 0.2) is 0 Å². The molecule has 0 radical (unpaired) electrons. The molecule has 1 N–H and O–H groups in total. The highest BCUT2D eigenvalue weighted by molar-refractivity contribution is 6.33. The Morgan fingerprint density at radius 2 is 2.12 bits per heavy atom. The van der Waals surface area contributed by atoms with Gasteiger partial charge in [-0.05, 0) is 50.3 Å². The monoisotopic (exact) mass is 349 g/mol. The molecular weight excluding hydrogens is 326 g/mol. The first-order valence-electron chi connectivity index (χ1n) is 8.66. The Kier molecular flexibility index (Phi) is 5.29. The molecule has 2 fully saturated rings. The number of amides is 3. The van der Waals surface area contributed by atoms with Crippen LogP contribution in [0.15, 0.2) is 18.2 Å². The van der Waals surface area contributed by atoms with E-state index in [1.807, 2.05) is 34.9 Å². The maximum absolute atomic E-state index is 12.7. The van der Waals surface area contributed by atoms with E-state index in [0.29, 0.717) is 23.7 Å². The summed E-state index contributed by atoms with van der Waals surface area (Å²) in [5.74, 6) is 0.211. The fourth-order valence-electron chi connectivity index (χ4n) is 3.52. The van der Waals surface area contributed by atoms with Crippen LogP contribution < -0.4 is 5.32 Å². The summed E-state index contributed by atoms with van der Waals surface area (Å²) in [5, 5.41) is 3.47. The molecule has 0 aliphatic carbocycles. The van der Waals surface area contributed by atoms with Crippen molar-refractivity contribution in [3.8, 4) is 0 Å². The lowest BCUT2D eigenvalue weighted by molar-refractivity contribution is -0.128. The lowest BCUT2D eigenvalue weighted by Crippen LogP contribution is -2.51. The van der Waals surface area contributed by atoms with E-state index in [1.165, 1.54) is 0 Å². The number of aryl methyl sites for hydroxylation is 1. The maximum Gasteiger partial charge on any atom is 0.322 e. The van der Waals surface area contributed by atoms with Gasteiger partial charge in [0.1, 0.15) is 0 Å². The van der Waals surface area contributed by atoms with E-state index in [2.05, 4.69) is 5.32 Å².